The van der Waals surface area contributed by atoms with Gasteiger partial charge in [-0.3, -0.25) is 4.79 Å². The lowest BCUT2D eigenvalue weighted by atomic mass is 10.1. The number of furan rings is 1. The fraction of sp³-hybridized carbons (Fsp3) is 0.190. The molecule has 2 aromatic carbocycles. The van der Waals surface area contributed by atoms with Crippen molar-refractivity contribution in [2.45, 2.75) is 13.0 Å². The molecule has 4 nitrogen and oxygen atoms in total. The molecule has 3 rings (SSSR count). The lowest BCUT2D eigenvalue weighted by molar-refractivity contribution is -0.126. The average Bonchev–Trinajstić information content (AvgIpc) is 3.09. The summed E-state index contributed by atoms with van der Waals surface area (Å²) in [5.74, 6) is 1.48. The summed E-state index contributed by atoms with van der Waals surface area (Å²) in [5.41, 5.74) is 1.78. The number of methoxy groups -OCH3 is 1. The van der Waals surface area contributed by atoms with Crippen LogP contribution in [0, 0.1) is 0 Å². The first-order chi connectivity index (χ1) is 12.1. The van der Waals surface area contributed by atoms with Gasteiger partial charge in [0.2, 0.25) is 5.91 Å². The van der Waals surface area contributed by atoms with E-state index in [1.165, 1.54) is 0 Å². The van der Waals surface area contributed by atoms with Gasteiger partial charge in [0.1, 0.15) is 17.1 Å². The Morgan fingerprint density at radius 3 is 2.56 bits per heavy atom. The second-order valence-corrected chi connectivity index (χ2v) is 5.92. The van der Waals surface area contributed by atoms with Gasteiger partial charge in [-0.15, -0.1) is 0 Å². The lowest BCUT2D eigenvalue weighted by Gasteiger charge is -2.21. The molecule has 1 heterocycles. The molecule has 3 aromatic rings. The van der Waals surface area contributed by atoms with Gasteiger partial charge in [0, 0.05) is 18.5 Å². The van der Waals surface area contributed by atoms with Crippen molar-refractivity contribution in [2.24, 2.45) is 0 Å². The van der Waals surface area contributed by atoms with Crippen LogP contribution in [-0.2, 0) is 4.79 Å². The van der Waals surface area contributed by atoms with Gasteiger partial charge in [-0.05, 0) is 42.8 Å². The second kappa shape index (κ2) is 7.26. The molecule has 25 heavy (non-hydrogen) atoms. The number of amides is 1. The minimum atomic E-state index is -0.152. The van der Waals surface area contributed by atoms with Crippen LogP contribution in [-0.4, -0.2) is 25.0 Å². The zero-order chi connectivity index (χ0) is 17.8. The minimum absolute atomic E-state index is 0.0798. The normalized spacial score (nSPS) is 12.4. The fourth-order valence-corrected chi connectivity index (χ4v) is 2.59. The molecular formula is C21H21NO3. The first-order valence-electron chi connectivity index (χ1n) is 8.16. The third-order valence-corrected chi connectivity index (χ3v) is 4.32. The molecular weight excluding hydrogens is 314 g/mol. The van der Waals surface area contributed by atoms with Crippen LogP contribution in [0.2, 0.25) is 0 Å². The summed E-state index contributed by atoms with van der Waals surface area (Å²) < 4.78 is 11.0. The maximum Gasteiger partial charge on any atom is 0.246 e. The first-order valence-corrected chi connectivity index (χ1v) is 8.16. The second-order valence-electron chi connectivity index (χ2n) is 5.92. The van der Waals surface area contributed by atoms with Crippen LogP contribution < -0.4 is 4.74 Å². The molecule has 0 aliphatic heterocycles. The summed E-state index contributed by atoms with van der Waals surface area (Å²) in [6, 6.07) is 17.2. The standard InChI is InChI=1S/C21H21NO3/c1-15(20-14-17-6-4-5-7-19(17)25-20)22(2)21(23)13-10-16-8-11-18(24-3)12-9-16/h4-15H,1-3H3/b13-10+. The van der Waals surface area contributed by atoms with Crippen LogP contribution in [0.1, 0.15) is 24.3 Å². The first kappa shape index (κ1) is 16.8. The van der Waals surface area contributed by atoms with Gasteiger partial charge >= 0.3 is 0 Å². The van der Waals surface area contributed by atoms with Crippen LogP contribution in [0.4, 0.5) is 0 Å². The van der Waals surface area contributed by atoms with Crippen LogP contribution in [0.25, 0.3) is 17.0 Å². The van der Waals surface area contributed by atoms with Crippen molar-refractivity contribution in [3.05, 3.63) is 72.0 Å². The zero-order valence-electron chi connectivity index (χ0n) is 14.6. The molecule has 1 aromatic heterocycles. The van der Waals surface area contributed by atoms with Gasteiger partial charge in [-0.1, -0.05) is 30.3 Å². The summed E-state index contributed by atoms with van der Waals surface area (Å²) in [5, 5.41) is 1.04. The van der Waals surface area contributed by atoms with Gasteiger partial charge in [0.05, 0.1) is 13.2 Å². The number of hydrogen-bond acceptors (Lipinski definition) is 3. The molecule has 128 valence electrons. The topological polar surface area (TPSA) is 42.7 Å². The number of para-hydroxylation sites is 1. The highest BCUT2D eigenvalue weighted by atomic mass is 16.5. The summed E-state index contributed by atoms with van der Waals surface area (Å²) in [4.78, 5) is 14.1. The van der Waals surface area contributed by atoms with E-state index in [-0.39, 0.29) is 11.9 Å². The van der Waals surface area contributed by atoms with Gasteiger partial charge in [-0.25, -0.2) is 0 Å². The zero-order valence-corrected chi connectivity index (χ0v) is 14.6. The molecule has 0 aliphatic rings. The van der Waals surface area contributed by atoms with Crippen LogP contribution in [0.15, 0.2) is 65.1 Å². The number of carbonyl (C=O) groups excluding carboxylic acids is 1. The average molecular weight is 335 g/mol. The third-order valence-electron chi connectivity index (χ3n) is 4.32. The van der Waals surface area contributed by atoms with Gasteiger partial charge < -0.3 is 14.1 Å². The number of ether oxygens (including phenoxy) is 1. The van der Waals surface area contributed by atoms with E-state index >= 15 is 0 Å². The molecule has 0 radical (unpaired) electrons. The Morgan fingerprint density at radius 1 is 1.16 bits per heavy atom. The largest absolute Gasteiger partial charge is 0.497 e. The van der Waals surface area contributed by atoms with Crippen molar-refractivity contribution in [2.75, 3.05) is 14.2 Å². The fourth-order valence-electron chi connectivity index (χ4n) is 2.59. The van der Waals surface area contributed by atoms with Crippen molar-refractivity contribution in [3.8, 4) is 5.75 Å². The van der Waals surface area contributed by atoms with Gasteiger partial charge in [0.25, 0.3) is 0 Å². The van der Waals surface area contributed by atoms with Crippen molar-refractivity contribution >= 4 is 23.0 Å². The molecule has 0 N–H and O–H groups in total. The Balaban J connectivity index is 1.71. The quantitative estimate of drug-likeness (QED) is 0.636. The van der Waals surface area contributed by atoms with E-state index in [2.05, 4.69) is 0 Å². The Hall–Kier alpha value is -3.01. The smallest absolute Gasteiger partial charge is 0.246 e. The highest BCUT2D eigenvalue weighted by Crippen LogP contribution is 2.26. The molecule has 0 bridgehead atoms. The predicted octanol–water partition coefficient (Wildman–Crippen LogP) is 4.67. The summed E-state index contributed by atoms with van der Waals surface area (Å²) in [6.45, 7) is 1.96. The van der Waals surface area contributed by atoms with Crippen molar-refractivity contribution in [3.63, 3.8) is 0 Å². The molecule has 1 atom stereocenters. The van der Waals surface area contributed by atoms with Crippen LogP contribution in [0.5, 0.6) is 5.75 Å². The molecule has 1 amide bonds. The molecule has 0 spiro atoms. The Bertz CT molecular complexity index is 860. The van der Waals surface area contributed by atoms with Crippen molar-refractivity contribution < 1.29 is 13.9 Å². The van der Waals surface area contributed by atoms with E-state index in [1.807, 2.05) is 61.5 Å². The predicted molar refractivity (Wildman–Crippen MR) is 99.4 cm³/mol. The SMILES string of the molecule is COc1ccc(/C=C/C(=O)N(C)C(C)c2cc3ccccc3o2)cc1. The Kier molecular flexibility index (Phi) is 4.89. The minimum Gasteiger partial charge on any atom is -0.497 e. The highest BCUT2D eigenvalue weighted by Gasteiger charge is 2.19. The van der Waals surface area contributed by atoms with E-state index < -0.39 is 0 Å². The maximum atomic E-state index is 12.4. The van der Waals surface area contributed by atoms with Gasteiger partial charge in [-0.2, -0.15) is 0 Å². The molecule has 0 saturated carbocycles. The highest BCUT2D eigenvalue weighted by molar-refractivity contribution is 5.92. The summed E-state index contributed by atoms with van der Waals surface area (Å²) >= 11 is 0. The Labute approximate surface area is 147 Å². The van der Waals surface area contributed by atoms with Crippen LogP contribution in [0.3, 0.4) is 0 Å². The lowest BCUT2D eigenvalue weighted by Crippen LogP contribution is -2.27. The van der Waals surface area contributed by atoms with E-state index in [4.69, 9.17) is 9.15 Å². The number of fused-ring (bicyclic) bond motifs is 1. The summed E-state index contributed by atoms with van der Waals surface area (Å²) in [7, 11) is 3.40. The maximum absolute atomic E-state index is 12.4. The molecule has 4 heteroatoms. The van der Waals surface area contributed by atoms with E-state index in [1.54, 1.807) is 31.2 Å². The number of nitrogens with zero attached hydrogens (tertiary/aromatic N) is 1. The molecule has 1 unspecified atom stereocenters. The van der Waals surface area contributed by atoms with Crippen LogP contribution >= 0.6 is 0 Å². The molecule has 0 fully saturated rings. The number of benzene rings is 2. The van der Waals surface area contributed by atoms with Crippen molar-refractivity contribution in [1.29, 1.82) is 0 Å². The number of hydrogen-bond donors (Lipinski definition) is 0. The summed E-state index contributed by atoms with van der Waals surface area (Å²) in [6.07, 6.45) is 3.37. The Morgan fingerprint density at radius 2 is 1.88 bits per heavy atom. The number of rotatable bonds is 5. The molecule has 0 aliphatic carbocycles. The van der Waals surface area contributed by atoms with Crippen molar-refractivity contribution in [1.82, 2.24) is 4.90 Å². The van der Waals surface area contributed by atoms with Gasteiger partial charge in [0.15, 0.2) is 0 Å². The van der Waals surface area contributed by atoms with E-state index in [9.17, 15) is 4.79 Å². The molecule has 0 saturated heterocycles. The number of carbonyl (C=O) groups is 1. The van der Waals surface area contributed by atoms with E-state index in [0.717, 1.165) is 28.0 Å². The number of likely N-dealkylation sites (N-methyl/N-ethyl adjacent to an activating group) is 1. The monoisotopic (exact) mass is 335 g/mol. The van der Waals surface area contributed by atoms with E-state index in [0.29, 0.717) is 0 Å². The third kappa shape index (κ3) is 3.74.